The molecule has 6 nitrogen and oxygen atoms in total. The molecule has 0 bridgehead atoms. The van der Waals surface area contributed by atoms with Gasteiger partial charge in [0.25, 0.3) is 0 Å². The largest absolute Gasteiger partial charge is 0.368 e. The van der Waals surface area contributed by atoms with E-state index < -0.39 is 10.0 Å². The van der Waals surface area contributed by atoms with Crippen LogP contribution in [0.15, 0.2) is 39.8 Å². The van der Waals surface area contributed by atoms with Gasteiger partial charge in [-0.05, 0) is 40.0 Å². The number of halogens is 1. The minimum atomic E-state index is -3.56. The number of nitrogens with two attached hydrogens (primary N) is 1. The van der Waals surface area contributed by atoms with Gasteiger partial charge in [-0.1, -0.05) is 12.1 Å². The quantitative estimate of drug-likeness (QED) is 0.868. The van der Waals surface area contributed by atoms with Crippen LogP contribution in [-0.2, 0) is 23.0 Å². The first-order chi connectivity index (χ1) is 9.98. The minimum absolute atomic E-state index is 0.161. The highest BCUT2D eigenvalue weighted by molar-refractivity contribution is 9.10. The van der Waals surface area contributed by atoms with E-state index in [1.807, 2.05) is 0 Å². The van der Waals surface area contributed by atoms with Gasteiger partial charge < -0.3 is 5.73 Å². The Morgan fingerprint density at radius 3 is 2.81 bits per heavy atom. The van der Waals surface area contributed by atoms with Crippen LogP contribution in [0.25, 0.3) is 0 Å². The van der Waals surface area contributed by atoms with Crippen molar-refractivity contribution in [2.24, 2.45) is 0 Å². The zero-order chi connectivity index (χ0) is 15.0. The average molecular weight is 369 g/mol. The molecule has 21 heavy (non-hydrogen) atoms. The SMILES string of the molecule is Nc1ncc2c(n1)CN(S(=O)(=O)c1ccccc1Br)CC2. The molecule has 2 aromatic rings. The third-order valence-corrected chi connectivity index (χ3v) is 6.24. The van der Waals surface area contributed by atoms with Gasteiger partial charge in [-0.25, -0.2) is 18.4 Å². The van der Waals surface area contributed by atoms with Gasteiger partial charge in [0.1, 0.15) is 0 Å². The second-order valence-electron chi connectivity index (χ2n) is 4.72. The molecule has 0 unspecified atom stereocenters. The van der Waals surface area contributed by atoms with E-state index in [2.05, 4.69) is 25.9 Å². The number of nitrogen functional groups attached to an aromatic ring is 1. The molecule has 8 heteroatoms. The first-order valence-corrected chi connectivity index (χ1v) is 8.57. The molecule has 0 amide bonds. The van der Waals surface area contributed by atoms with Crippen LogP contribution < -0.4 is 5.73 Å². The standard InChI is InChI=1S/C13H13BrN4O2S/c14-10-3-1-2-4-12(10)21(19,20)18-6-5-9-7-16-13(15)17-11(9)8-18/h1-4,7H,5-6,8H2,(H2,15,16,17). The van der Waals surface area contributed by atoms with E-state index in [0.717, 1.165) is 5.56 Å². The summed E-state index contributed by atoms with van der Waals surface area (Å²) in [5.41, 5.74) is 7.19. The zero-order valence-electron chi connectivity index (χ0n) is 11.0. The Hall–Kier alpha value is -1.51. The van der Waals surface area contributed by atoms with Crippen molar-refractivity contribution in [1.29, 1.82) is 0 Å². The Morgan fingerprint density at radius 1 is 1.29 bits per heavy atom. The van der Waals surface area contributed by atoms with Crippen molar-refractivity contribution in [1.82, 2.24) is 14.3 Å². The van der Waals surface area contributed by atoms with Gasteiger partial charge in [0.15, 0.2) is 0 Å². The van der Waals surface area contributed by atoms with Gasteiger partial charge in [-0.15, -0.1) is 0 Å². The Balaban J connectivity index is 1.97. The van der Waals surface area contributed by atoms with Gasteiger partial charge in [-0.2, -0.15) is 4.31 Å². The first kappa shape index (κ1) is 14.4. The highest BCUT2D eigenvalue weighted by atomic mass is 79.9. The van der Waals surface area contributed by atoms with Crippen molar-refractivity contribution in [3.63, 3.8) is 0 Å². The molecule has 3 rings (SSSR count). The molecule has 0 atom stereocenters. The molecule has 110 valence electrons. The van der Waals surface area contributed by atoms with Gasteiger partial charge >= 0.3 is 0 Å². The number of sulfonamides is 1. The van der Waals surface area contributed by atoms with Crippen LogP contribution in [0.3, 0.4) is 0 Å². The second-order valence-corrected chi connectivity index (χ2v) is 7.48. The van der Waals surface area contributed by atoms with Crippen molar-refractivity contribution >= 4 is 31.9 Å². The Bertz CT molecular complexity index is 795. The van der Waals surface area contributed by atoms with Crippen LogP contribution in [0.2, 0.25) is 0 Å². The van der Waals surface area contributed by atoms with Crippen LogP contribution in [0.4, 0.5) is 5.95 Å². The fourth-order valence-electron chi connectivity index (χ4n) is 2.29. The fraction of sp³-hybridized carbons (Fsp3) is 0.231. The summed E-state index contributed by atoms with van der Waals surface area (Å²) in [6.45, 7) is 0.621. The lowest BCUT2D eigenvalue weighted by Crippen LogP contribution is -2.36. The predicted molar refractivity (Wildman–Crippen MR) is 81.9 cm³/mol. The third kappa shape index (κ3) is 2.66. The van der Waals surface area contributed by atoms with Crippen molar-refractivity contribution in [2.45, 2.75) is 17.9 Å². The molecule has 0 saturated heterocycles. The average Bonchev–Trinajstić information content (AvgIpc) is 2.46. The number of benzene rings is 1. The van der Waals surface area contributed by atoms with Crippen molar-refractivity contribution in [2.75, 3.05) is 12.3 Å². The lowest BCUT2D eigenvalue weighted by Gasteiger charge is -2.27. The summed E-state index contributed by atoms with van der Waals surface area (Å²) in [6.07, 6.45) is 2.25. The maximum atomic E-state index is 12.7. The molecule has 1 aliphatic rings. The normalized spacial score (nSPS) is 15.7. The zero-order valence-corrected chi connectivity index (χ0v) is 13.4. The summed E-state index contributed by atoms with van der Waals surface area (Å²) in [7, 11) is -3.56. The topological polar surface area (TPSA) is 89.2 Å². The number of aromatic nitrogens is 2. The lowest BCUT2D eigenvalue weighted by atomic mass is 10.1. The number of hydrogen-bond acceptors (Lipinski definition) is 5. The lowest BCUT2D eigenvalue weighted by molar-refractivity contribution is 0.384. The molecular formula is C13H13BrN4O2S. The number of hydrogen-bond donors (Lipinski definition) is 1. The van der Waals surface area contributed by atoms with Gasteiger partial charge in [0, 0.05) is 17.2 Å². The number of fused-ring (bicyclic) bond motifs is 1. The first-order valence-electron chi connectivity index (χ1n) is 6.33. The fourth-order valence-corrected chi connectivity index (χ4v) is 4.66. The monoisotopic (exact) mass is 368 g/mol. The summed E-state index contributed by atoms with van der Waals surface area (Å²) < 4.78 is 27.4. The Kier molecular flexibility index (Phi) is 3.68. The molecule has 1 aromatic carbocycles. The molecule has 1 aliphatic heterocycles. The van der Waals surface area contributed by atoms with Crippen molar-refractivity contribution < 1.29 is 8.42 Å². The molecule has 0 radical (unpaired) electrons. The van der Waals surface area contributed by atoms with Crippen LogP contribution in [0.5, 0.6) is 0 Å². The Labute approximate surface area is 131 Å². The molecule has 0 fully saturated rings. The maximum absolute atomic E-state index is 12.7. The highest BCUT2D eigenvalue weighted by Crippen LogP contribution is 2.28. The van der Waals surface area contributed by atoms with E-state index in [1.54, 1.807) is 30.5 Å². The summed E-state index contributed by atoms with van der Waals surface area (Å²) in [5.74, 6) is 0.161. The summed E-state index contributed by atoms with van der Waals surface area (Å²) in [4.78, 5) is 8.35. The van der Waals surface area contributed by atoms with E-state index in [0.29, 0.717) is 23.1 Å². The maximum Gasteiger partial charge on any atom is 0.244 e. The third-order valence-electron chi connectivity index (χ3n) is 3.38. The predicted octanol–water partition coefficient (Wildman–Crippen LogP) is 1.57. The van der Waals surface area contributed by atoms with Crippen LogP contribution in [0.1, 0.15) is 11.3 Å². The van der Waals surface area contributed by atoms with Gasteiger partial charge in [-0.3, -0.25) is 0 Å². The smallest absolute Gasteiger partial charge is 0.244 e. The van der Waals surface area contributed by atoms with Crippen molar-refractivity contribution in [3.05, 3.63) is 46.2 Å². The summed E-state index contributed by atoms with van der Waals surface area (Å²) >= 11 is 3.29. The van der Waals surface area contributed by atoms with Crippen LogP contribution in [-0.4, -0.2) is 29.2 Å². The van der Waals surface area contributed by atoms with Gasteiger partial charge in [0.05, 0.1) is 17.1 Å². The number of anilines is 1. The molecule has 2 N–H and O–H groups in total. The molecule has 0 spiro atoms. The molecular weight excluding hydrogens is 356 g/mol. The Morgan fingerprint density at radius 2 is 2.05 bits per heavy atom. The molecule has 0 saturated carbocycles. The number of nitrogens with zero attached hydrogens (tertiary/aromatic N) is 3. The van der Waals surface area contributed by atoms with E-state index in [4.69, 9.17) is 5.73 Å². The van der Waals surface area contributed by atoms with E-state index in [-0.39, 0.29) is 17.4 Å². The summed E-state index contributed by atoms with van der Waals surface area (Å²) in [5, 5.41) is 0. The minimum Gasteiger partial charge on any atom is -0.368 e. The van der Waals surface area contributed by atoms with E-state index in [9.17, 15) is 8.42 Å². The van der Waals surface area contributed by atoms with E-state index in [1.165, 1.54) is 4.31 Å². The van der Waals surface area contributed by atoms with Crippen LogP contribution in [0, 0.1) is 0 Å². The second kappa shape index (κ2) is 5.36. The highest BCUT2D eigenvalue weighted by Gasteiger charge is 2.30. The molecule has 0 aliphatic carbocycles. The van der Waals surface area contributed by atoms with Gasteiger partial charge in [0.2, 0.25) is 16.0 Å². The van der Waals surface area contributed by atoms with Crippen LogP contribution >= 0.6 is 15.9 Å². The number of rotatable bonds is 2. The van der Waals surface area contributed by atoms with Crippen molar-refractivity contribution in [3.8, 4) is 0 Å². The molecule has 2 heterocycles. The molecule has 1 aromatic heterocycles. The summed E-state index contributed by atoms with van der Waals surface area (Å²) in [6, 6.07) is 6.78. The van der Waals surface area contributed by atoms with E-state index >= 15 is 0 Å².